The van der Waals surface area contributed by atoms with Crippen LogP contribution < -0.4 is 5.32 Å². The van der Waals surface area contributed by atoms with Gasteiger partial charge in [-0.3, -0.25) is 4.79 Å². The Morgan fingerprint density at radius 1 is 1.78 bits per heavy atom. The van der Waals surface area contributed by atoms with E-state index in [9.17, 15) is 4.79 Å². The van der Waals surface area contributed by atoms with Gasteiger partial charge in [0.15, 0.2) is 0 Å². The van der Waals surface area contributed by atoms with Gasteiger partial charge in [0.05, 0.1) is 0 Å². The summed E-state index contributed by atoms with van der Waals surface area (Å²) >= 11 is 1.51. The van der Waals surface area contributed by atoms with Crippen LogP contribution in [0.1, 0.15) is 0 Å². The van der Waals surface area contributed by atoms with Crippen LogP contribution in [0.25, 0.3) is 0 Å². The minimum Gasteiger partial charge on any atom is -0.480 e. The largest absolute Gasteiger partial charge is 0.480 e. The quantitative estimate of drug-likeness (QED) is 0.538. The van der Waals surface area contributed by atoms with Crippen molar-refractivity contribution in [2.45, 2.75) is 5.25 Å². The van der Waals surface area contributed by atoms with E-state index in [1.54, 1.807) is 0 Å². The van der Waals surface area contributed by atoms with Crippen molar-refractivity contribution < 1.29 is 9.90 Å². The molecule has 0 aromatic carbocycles. The van der Waals surface area contributed by atoms with Crippen molar-refractivity contribution in [2.75, 3.05) is 18.8 Å². The van der Waals surface area contributed by atoms with Crippen molar-refractivity contribution in [3.05, 3.63) is 0 Å². The van der Waals surface area contributed by atoms with E-state index in [0.717, 1.165) is 12.3 Å². The van der Waals surface area contributed by atoms with Gasteiger partial charge in [-0.25, -0.2) is 0 Å². The smallest absolute Gasteiger partial charge is 0.317 e. The standard InChI is InChI=1S/C5H9NO2S/c7-5(8)4-3-6-1-2-9-4/h4,6H,1-3H2,(H,7,8)/t4-/m0/s1. The first-order valence-electron chi connectivity index (χ1n) is 2.86. The third-order valence-electron chi connectivity index (χ3n) is 1.20. The molecule has 0 saturated carbocycles. The Morgan fingerprint density at radius 2 is 2.56 bits per heavy atom. The second-order valence-corrected chi connectivity index (χ2v) is 3.21. The van der Waals surface area contributed by atoms with Crippen LogP contribution in [0.2, 0.25) is 0 Å². The van der Waals surface area contributed by atoms with Crippen molar-refractivity contribution in [1.82, 2.24) is 5.32 Å². The van der Waals surface area contributed by atoms with E-state index >= 15 is 0 Å². The van der Waals surface area contributed by atoms with Crippen molar-refractivity contribution in [1.29, 1.82) is 0 Å². The molecular weight excluding hydrogens is 138 g/mol. The fourth-order valence-electron chi connectivity index (χ4n) is 0.724. The third-order valence-corrected chi connectivity index (χ3v) is 2.41. The highest BCUT2D eigenvalue weighted by molar-refractivity contribution is 8.00. The maximum Gasteiger partial charge on any atom is 0.317 e. The first-order chi connectivity index (χ1) is 4.30. The molecule has 0 unspecified atom stereocenters. The number of hydrogen-bond acceptors (Lipinski definition) is 3. The molecule has 1 heterocycles. The minimum absolute atomic E-state index is 0.223. The number of carboxylic acids is 1. The van der Waals surface area contributed by atoms with Gasteiger partial charge in [0.25, 0.3) is 0 Å². The molecule has 52 valence electrons. The van der Waals surface area contributed by atoms with Gasteiger partial charge in [-0.1, -0.05) is 0 Å². The maximum absolute atomic E-state index is 10.3. The lowest BCUT2D eigenvalue weighted by Gasteiger charge is -2.17. The van der Waals surface area contributed by atoms with Crippen LogP contribution >= 0.6 is 11.8 Å². The number of carbonyl (C=O) groups is 1. The lowest BCUT2D eigenvalue weighted by atomic mass is 10.4. The Bertz CT molecular complexity index is 112. The lowest BCUT2D eigenvalue weighted by molar-refractivity contribution is -0.136. The molecule has 1 fully saturated rings. The number of rotatable bonds is 1. The topological polar surface area (TPSA) is 49.3 Å². The molecule has 1 saturated heterocycles. The Labute approximate surface area is 57.8 Å². The van der Waals surface area contributed by atoms with E-state index in [4.69, 9.17) is 5.11 Å². The van der Waals surface area contributed by atoms with E-state index in [2.05, 4.69) is 5.32 Å². The van der Waals surface area contributed by atoms with Gasteiger partial charge < -0.3 is 10.4 Å². The zero-order valence-electron chi connectivity index (χ0n) is 4.96. The van der Waals surface area contributed by atoms with E-state index in [1.807, 2.05) is 0 Å². The first-order valence-corrected chi connectivity index (χ1v) is 3.90. The molecule has 4 heteroatoms. The van der Waals surface area contributed by atoms with Crippen molar-refractivity contribution >= 4 is 17.7 Å². The summed E-state index contributed by atoms with van der Waals surface area (Å²) in [7, 11) is 0. The third kappa shape index (κ3) is 1.87. The molecule has 1 rings (SSSR count). The maximum atomic E-state index is 10.3. The van der Waals surface area contributed by atoms with Crippen LogP contribution in [0.5, 0.6) is 0 Å². The molecule has 0 aromatic heterocycles. The average Bonchev–Trinajstić information content (AvgIpc) is 1.90. The molecule has 0 aromatic rings. The SMILES string of the molecule is O=C(O)[C@@H]1CNCCS1. The summed E-state index contributed by atoms with van der Waals surface area (Å²) in [6.07, 6.45) is 0. The van der Waals surface area contributed by atoms with Crippen LogP contribution in [-0.4, -0.2) is 35.2 Å². The summed E-state index contributed by atoms with van der Waals surface area (Å²) in [6.45, 7) is 1.55. The fraction of sp³-hybridized carbons (Fsp3) is 0.800. The van der Waals surface area contributed by atoms with Crippen molar-refractivity contribution in [2.24, 2.45) is 0 Å². The average molecular weight is 147 g/mol. The second-order valence-electron chi connectivity index (χ2n) is 1.90. The molecular formula is C5H9NO2S. The lowest BCUT2D eigenvalue weighted by Crippen LogP contribution is -2.37. The number of hydrogen-bond donors (Lipinski definition) is 2. The number of thioether (sulfide) groups is 1. The monoisotopic (exact) mass is 147 g/mol. The Kier molecular flexibility index (Phi) is 2.36. The second kappa shape index (κ2) is 3.08. The van der Waals surface area contributed by atoms with Gasteiger partial charge in [-0.2, -0.15) is 0 Å². The molecule has 0 amide bonds. The van der Waals surface area contributed by atoms with Crippen molar-refractivity contribution in [3.8, 4) is 0 Å². The van der Waals surface area contributed by atoms with Gasteiger partial charge in [-0.05, 0) is 0 Å². The van der Waals surface area contributed by atoms with Crippen LogP contribution in [0.3, 0.4) is 0 Å². The molecule has 1 atom stereocenters. The van der Waals surface area contributed by atoms with Gasteiger partial charge in [-0.15, -0.1) is 11.8 Å². The van der Waals surface area contributed by atoms with E-state index in [1.165, 1.54) is 11.8 Å². The molecule has 0 radical (unpaired) electrons. The predicted octanol–water partition coefficient (Wildman–Crippen LogP) is -0.224. The highest BCUT2D eigenvalue weighted by Crippen LogP contribution is 2.12. The van der Waals surface area contributed by atoms with Crippen LogP contribution in [-0.2, 0) is 4.79 Å². The van der Waals surface area contributed by atoms with Gasteiger partial charge in [0.1, 0.15) is 5.25 Å². The van der Waals surface area contributed by atoms with Crippen LogP contribution in [0.15, 0.2) is 0 Å². The first kappa shape index (κ1) is 6.89. The fourth-order valence-corrected chi connectivity index (χ4v) is 1.65. The Hall–Kier alpha value is -0.220. The predicted molar refractivity (Wildman–Crippen MR) is 36.8 cm³/mol. The van der Waals surface area contributed by atoms with Gasteiger partial charge in [0, 0.05) is 18.8 Å². The van der Waals surface area contributed by atoms with Crippen LogP contribution in [0.4, 0.5) is 0 Å². The van der Waals surface area contributed by atoms with Gasteiger partial charge in [0.2, 0.25) is 0 Å². The summed E-state index contributed by atoms with van der Waals surface area (Å²) < 4.78 is 0. The number of nitrogens with one attached hydrogen (secondary N) is 1. The van der Waals surface area contributed by atoms with E-state index in [0.29, 0.717) is 6.54 Å². The molecule has 9 heavy (non-hydrogen) atoms. The molecule has 1 aliphatic rings. The number of carboxylic acid groups (broad SMARTS) is 1. The molecule has 0 aliphatic carbocycles. The Morgan fingerprint density at radius 3 is 2.89 bits per heavy atom. The highest BCUT2D eigenvalue weighted by atomic mass is 32.2. The highest BCUT2D eigenvalue weighted by Gasteiger charge is 2.19. The molecule has 3 nitrogen and oxygen atoms in total. The molecule has 0 spiro atoms. The summed E-state index contributed by atoms with van der Waals surface area (Å²) in [4.78, 5) is 10.3. The zero-order valence-corrected chi connectivity index (χ0v) is 5.78. The van der Waals surface area contributed by atoms with Crippen molar-refractivity contribution in [3.63, 3.8) is 0 Å². The van der Waals surface area contributed by atoms with E-state index in [-0.39, 0.29) is 5.25 Å². The summed E-state index contributed by atoms with van der Waals surface area (Å²) in [5.41, 5.74) is 0. The molecule has 0 bridgehead atoms. The summed E-state index contributed by atoms with van der Waals surface area (Å²) in [5.74, 6) is 0.212. The molecule has 2 N–H and O–H groups in total. The van der Waals surface area contributed by atoms with Gasteiger partial charge >= 0.3 is 5.97 Å². The van der Waals surface area contributed by atoms with E-state index < -0.39 is 5.97 Å². The van der Waals surface area contributed by atoms with Crippen LogP contribution in [0, 0.1) is 0 Å². The normalized spacial score (nSPS) is 27.8. The zero-order chi connectivity index (χ0) is 6.69. The number of aliphatic carboxylic acids is 1. The summed E-state index contributed by atoms with van der Waals surface area (Å²) in [6, 6.07) is 0. The summed E-state index contributed by atoms with van der Waals surface area (Å²) in [5, 5.41) is 11.3. The minimum atomic E-state index is -0.702. The Balaban J connectivity index is 2.31. The molecule has 1 aliphatic heterocycles.